The molecule has 19 heavy (non-hydrogen) atoms. The standard InChI is InChI=1S/C12H14ClF3N2S/c1-11(2)7-18(3-4-19-11)10-6-8(12(14,15)16)5-9(13)17-10/h5-6H,3-4,7H2,1-2H3. The van der Waals surface area contributed by atoms with Crippen LogP contribution in [0.15, 0.2) is 12.1 Å². The zero-order valence-corrected chi connectivity index (χ0v) is 12.2. The Morgan fingerprint density at radius 3 is 2.63 bits per heavy atom. The highest BCUT2D eigenvalue weighted by molar-refractivity contribution is 8.00. The number of thioether (sulfide) groups is 1. The van der Waals surface area contributed by atoms with Crippen LogP contribution in [0.4, 0.5) is 19.0 Å². The van der Waals surface area contributed by atoms with Gasteiger partial charge in [-0.25, -0.2) is 4.98 Å². The van der Waals surface area contributed by atoms with Gasteiger partial charge in [0.25, 0.3) is 0 Å². The summed E-state index contributed by atoms with van der Waals surface area (Å²) in [6, 6.07) is 1.92. The van der Waals surface area contributed by atoms with Crippen molar-refractivity contribution in [2.45, 2.75) is 24.8 Å². The fraction of sp³-hybridized carbons (Fsp3) is 0.583. The molecule has 0 aromatic carbocycles. The maximum absolute atomic E-state index is 12.8. The van der Waals surface area contributed by atoms with Gasteiger partial charge in [0.05, 0.1) is 5.56 Å². The Morgan fingerprint density at radius 1 is 1.37 bits per heavy atom. The molecule has 0 aliphatic carbocycles. The highest BCUT2D eigenvalue weighted by Gasteiger charge is 2.33. The lowest BCUT2D eigenvalue weighted by atomic mass is 10.1. The van der Waals surface area contributed by atoms with Crippen LogP contribution in [0.3, 0.4) is 0 Å². The van der Waals surface area contributed by atoms with Crippen molar-refractivity contribution in [1.82, 2.24) is 4.98 Å². The molecule has 0 bridgehead atoms. The summed E-state index contributed by atoms with van der Waals surface area (Å²) in [5.74, 6) is 1.16. The molecule has 7 heteroatoms. The third-order valence-corrected chi connectivity index (χ3v) is 4.35. The molecule has 1 saturated heterocycles. The Kier molecular flexibility index (Phi) is 3.93. The lowest BCUT2D eigenvalue weighted by molar-refractivity contribution is -0.137. The highest BCUT2D eigenvalue weighted by Crippen LogP contribution is 2.35. The normalized spacial score (nSPS) is 19.6. The van der Waals surface area contributed by atoms with Crippen LogP contribution in [0.2, 0.25) is 5.15 Å². The maximum atomic E-state index is 12.8. The molecule has 0 atom stereocenters. The van der Waals surface area contributed by atoms with Gasteiger partial charge in [-0.3, -0.25) is 0 Å². The minimum Gasteiger partial charge on any atom is -0.354 e. The van der Waals surface area contributed by atoms with Gasteiger partial charge < -0.3 is 4.90 Å². The van der Waals surface area contributed by atoms with Crippen molar-refractivity contribution in [3.63, 3.8) is 0 Å². The zero-order valence-electron chi connectivity index (χ0n) is 10.6. The van der Waals surface area contributed by atoms with E-state index < -0.39 is 11.7 Å². The van der Waals surface area contributed by atoms with Crippen LogP contribution in [-0.2, 0) is 6.18 Å². The van der Waals surface area contributed by atoms with Crippen molar-refractivity contribution in [2.75, 3.05) is 23.7 Å². The molecule has 106 valence electrons. The minimum atomic E-state index is -4.40. The molecule has 0 saturated carbocycles. The largest absolute Gasteiger partial charge is 0.416 e. The van der Waals surface area contributed by atoms with Crippen LogP contribution in [0, 0.1) is 0 Å². The van der Waals surface area contributed by atoms with Gasteiger partial charge in [-0.05, 0) is 26.0 Å². The van der Waals surface area contributed by atoms with Crippen LogP contribution in [0.25, 0.3) is 0 Å². The summed E-state index contributed by atoms with van der Waals surface area (Å²) in [5.41, 5.74) is -0.751. The Bertz CT molecular complexity index is 477. The van der Waals surface area contributed by atoms with E-state index in [0.29, 0.717) is 18.9 Å². The summed E-state index contributed by atoms with van der Waals surface area (Å²) in [6.07, 6.45) is -4.40. The SMILES string of the molecule is CC1(C)CN(c2cc(C(F)(F)F)cc(Cl)n2)CCS1. The Morgan fingerprint density at radius 2 is 2.05 bits per heavy atom. The first-order valence-corrected chi connectivity index (χ1v) is 7.17. The van der Waals surface area contributed by atoms with E-state index in [2.05, 4.69) is 18.8 Å². The summed E-state index contributed by atoms with van der Waals surface area (Å²) in [7, 11) is 0. The lowest BCUT2D eigenvalue weighted by Crippen LogP contribution is -2.43. The van der Waals surface area contributed by atoms with E-state index in [9.17, 15) is 13.2 Å². The maximum Gasteiger partial charge on any atom is 0.416 e. The van der Waals surface area contributed by atoms with E-state index in [1.165, 1.54) is 0 Å². The van der Waals surface area contributed by atoms with E-state index in [1.54, 1.807) is 0 Å². The summed E-state index contributed by atoms with van der Waals surface area (Å²) in [4.78, 5) is 5.88. The van der Waals surface area contributed by atoms with Gasteiger partial charge in [0.2, 0.25) is 0 Å². The molecular weight excluding hydrogens is 297 g/mol. The number of pyridine rings is 1. The molecule has 1 aromatic heterocycles. The van der Waals surface area contributed by atoms with E-state index in [-0.39, 0.29) is 9.90 Å². The fourth-order valence-electron chi connectivity index (χ4n) is 2.02. The summed E-state index contributed by atoms with van der Waals surface area (Å²) >= 11 is 7.51. The van der Waals surface area contributed by atoms with Crippen LogP contribution in [-0.4, -0.2) is 28.6 Å². The Labute approximate surface area is 119 Å². The van der Waals surface area contributed by atoms with Crippen molar-refractivity contribution in [3.8, 4) is 0 Å². The third-order valence-electron chi connectivity index (χ3n) is 2.86. The number of hydrogen-bond donors (Lipinski definition) is 0. The molecule has 1 aliphatic rings. The van der Waals surface area contributed by atoms with Gasteiger partial charge in [0, 0.05) is 23.6 Å². The van der Waals surface area contributed by atoms with E-state index in [4.69, 9.17) is 11.6 Å². The molecule has 1 fully saturated rings. The number of halogens is 4. The van der Waals surface area contributed by atoms with Crippen molar-refractivity contribution in [3.05, 3.63) is 22.8 Å². The predicted octanol–water partition coefficient (Wildman–Crippen LogP) is 4.09. The Balaban J connectivity index is 2.32. The highest BCUT2D eigenvalue weighted by atomic mass is 35.5. The first-order chi connectivity index (χ1) is 8.67. The molecular formula is C12H14ClF3N2S. The van der Waals surface area contributed by atoms with E-state index in [0.717, 1.165) is 17.9 Å². The third kappa shape index (κ3) is 3.69. The van der Waals surface area contributed by atoms with Crippen LogP contribution in [0.5, 0.6) is 0 Å². The van der Waals surface area contributed by atoms with Crippen LogP contribution >= 0.6 is 23.4 Å². The van der Waals surface area contributed by atoms with Gasteiger partial charge in [-0.1, -0.05) is 11.6 Å². The number of rotatable bonds is 1. The molecule has 1 aliphatic heterocycles. The van der Waals surface area contributed by atoms with Crippen molar-refractivity contribution < 1.29 is 13.2 Å². The van der Waals surface area contributed by atoms with Gasteiger partial charge in [0.1, 0.15) is 11.0 Å². The van der Waals surface area contributed by atoms with Crippen LogP contribution in [0.1, 0.15) is 19.4 Å². The molecule has 0 radical (unpaired) electrons. The molecule has 1 aromatic rings. The second-order valence-corrected chi connectivity index (χ2v) is 7.25. The number of hydrogen-bond acceptors (Lipinski definition) is 3. The summed E-state index contributed by atoms with van der Waals surface area (Å²) in [6.45, 7) is 5.47. The first-order valence-electron chi connectivity index (χ1n) is 5.81. The fourth-order valence-corrected chi connectivity index (χ4v) is 3.34. The van der Waals surface area contributed by atoms with E-state index >= 15 is 0 Å². The molecule has 2 heterocycles. The van der Waals surface area contributed by atoms with Gasteiger partial charge in [-0.15, -0.1) is 0 Å². The second kappa shape index (κ2) is 5.05. The predicted molar refractivity (Wildman–Crippen MR) is 73.0 cm³/mol. The molecule has 2 rings (SSSR count). The number of aromatic nitrogens is 1. The molecule has 0 N–H and O–H groups in total. The minimum absolute atomic E-state index is 0.000638. The van der Waals surface area contributed by atoms with Gasteiger partial charge in [0.15, 0.2) is 0 Å². The lowest BCUT2D eigenvalue weighted by Gasteiger charge is -2.38. The number of alkyl halides is 3. The molecule has 0 spiro atoms. The van der Waals surface area contributed by atoms with Crippen molar-refractivity contribution >= 4 is 29.2 Å². The monoisotopic (exact) mass is 310 g/mol. The average Bonchev–Trinajstić information content (AvgIpc) is 2.25. The number of anilines is 1. The molecule has 0 amide bonds. The summed E-state index contributed by atoms with van der Waals surface area (Å²) < 4.78 is 38.3. The molecule has 2 nitrogen and oxygen atoms in total. The number of nitrogens with zero attached hydrogens (tertiary/aromatic N) is 2. The Hall–Kier alpha value is -0.620. The first kappa shape index (κ1) is 14.8. The van der Waals surface area contributed by atoms with E-state index in [1.807, 2.05) is 16.7 Å². The van der Waals surface area contributed by atoms with Gasteiger partial charge >= 0.3 is 6.18 Å². The average molecular weight is 311 g/mol. The van der Waals surface area contributed by atoms with Crippen LogP contribution < -0.4 is 4.90 Å². The molecule has 0 unspecified atom stereocenters. The summed E-state index contributed by atoms with van der Waals surface area (Å²) in [5, 5.41) is -0.124. The smallest absolute Gasteiger partial charge is 0.354 e. The second-order valence-electron chi connectivity index (χ2n) is 5.06. The van der Waals surface area contributed by atoms with Crippen molar-refractivity contribution in [2.24, 2.45) is 0 Å². The van der Waals surface area contributed by atoms with Gasteiger partial charge in [-0.2, -0.15) is 24.9 Å². The van der Waals surface area contributed by atoms with Crippen molar-refractivity contribution in [1.29, 1.82) is 0 Å². The topological polar surface area (TPSA) is 16.1 Å². The quantitative estimate of drug-likeness (QED) is 0.727. The zero-order chi connectivity index (χ0) is 14.3.